The van der Waals surface area contributed by atoms with Crippen molar-refractivity contribution in [2.75, 3.05) is 6.66 Å². The number of hydrogen-bond acceptors (Lipinski definition) is 2. The molecule has 0 spiro atoms. The molecule has 0 amide bonds. The lowest BCUT2D eigenvalue weighted by molar-refractivity contribution is 0.468. The summed E-state index contributed by atoms with van der Waals surface area (Å²) in [7, 11) is -2.83. The number of rotatable bonds is 1. The van der Waals surface area contributed by atoms with Gasteiger partial charge >= 0.3 is 0 Å². The molecule has 1 saturated carbocycles. The van der Waals surface area contributed by atoms with Gasteiger partial charge in [-0.05, 0) is 19.3 Å². The lowest BCUT2D eigenvalue weighted by Crippen LogP contribution is -2.16. The summed E-state index contributed by atoms with van der Waals surface area (Å²) in [6.07, 6.45) is 2.46. The molecule has 0 saturated heterocycles. The van der Waals surface area contributed by atoms with Gasteiger partial charge in [0.15, 0.2) is 0 Å². The van der Waals surface area contributed by atoms with Gasteiger partial charge in [0, 0.05) is 18.4 Å². The molecule has 0 aromatic carbocycles. The van der Waals surface area contributed by atoms with Crippen molar-refractivity contribution in [2.45, 2.75) is 31.0 Å². The molecule has 60 valence electrons. The lowest BCUT2D eigenvalue weighted by atomic mass is 10.3. The van der Waals surface area contributed by atoms with Crippen LogP contribution >= 0.6 is 7.37 Å². The minimum Gasteiger partial charge on any atom is -0.344 e. The molecule has 3 nitrogen and oxygen atoms in total. The van der Waals surface area contributed by atoms with Crippen LogP contribution in [0.3, 0.4) is 0 Å². The maximum Gasteiger partial charge on any atom is 0.200 e. The Bertz CT molecular complexity index is 165. The van der Waals surface area contributed by atoms with Crippen LogP contribution in [0.1, 0.15) is 19.3 Å². The molecule has 10 heavy (non-hydrogen) atoms. The molecule has 0 aliphatic heterocycles. The Morgan fingerprint density at radius 2 is 2.20 bits per heavy atom. The molecule has 0 aromatic heterocycles. The van der Waals surface area contributed by atoms with Gasteiger partial charge in [0.1, 0.15) is 0 Å². The van der Waals surface area contributed by atoms with Crippen molar-refractivity contribution in [2.24, 2.45) is 5.73 Å². The van der Waals surface area contributed by atoms with Crippen molar-refractivity contribution in [3.05, 3.63) is 0 Å². The molecule has 4 heteroatoms. The van der Waals surface area contributed by atoms with Crippen LogP contribution < -0.4 is 5.73 Å². The minimum atomic E-state index is -2.83. The Morgan fingerprint density at radius 1 is 1.60 bits per heavy atom. The zero-order chi connectivity index (χ0) is 7.78. The lowest BCUT2D eigenvalue weighted by Gasteiger charge is -2.12. The van der Waals surface area contributed by atoms with E-state index in [9.17, 15) is 4.57 Å². The molecule has 3 atom stereocenters. The molecule has 3 N–H and O–H groups in total. The third kappa shape index (κ3) is 1.82. The van der Waals surface area contributed by atoms with Crippen LogP contribution in [0.15, 0.2) is 0 Å². The summed E-state index contributed by atoms with van der Waals surface area (Å²) < 4.78 is 11.1. The first-order valence-electron chi connectivity index (χ1n) is 3.55. The average Bonchev–Trinajstić information content (AvgIpc) is 2.11. The fourth-order valence-corrected chi connectivity index (χ4v) is 2.72. The molecule has 0 bridgehead atoms. The van der Waals surface area contributed by atoms with Crippen molar-refractivity contribution in [1.29, 1.82) is 0 Å². The highest BCUT2D eigenvalue weighted by molar-refractivity contribution is 7.57. The molecular weight excluding hydrogens is 149 g/mol. The molecule has 1 aliphatic carbocycles. The van der Waals surface area contributed by atoms with Gasteiger partial charge < -0.3 is 10.6 Å². The van der Waals surface area contributed by atoms with E-state index in [4.69, 9.17) is 10.6 Å². The van der Waals surface area contributed by atoms with Crippen LogP contribution in [0, 0.1) is 0 Å². The fraction of sp³-hybridized carbons (Fsp3) is 1.00. The quantitative estimate of drug-likeness (QED) is 0.561. The topological polar surface area (TPSA) is 63.3 Å². The summed E-state index contributed by atoms with van der Waals surface area (Å²) in [5.74, 6) is 0. The predicted molar refractivity (Wildman–Crippen MR) is 41.4 cm³/mol. The van der Waals surface area contributed by atoms with Crippen molar-refractivity contribution < 1.29 is 9.46 Å². The molecule has 1 fully saturated rings. The fourth-order valence-electron chi connectivity index (χ4n) is 1.43. The van der Waals surface area contributed by atoms with Gasteiger partial charge in [-0.2, -0.15) is 0 Å². The summed E-state index contributed by atoms with van der Waals surface area (Å²) in [6.45, 7) is 1.43. The molecule has 0 radical (unpaired) electrons. The van der Waals surface area contributed by atoms with Crippen LogP contribution in [0.2, 0.25) is 0 Å². The largest absolute Gasteiger partial charge is 0.344 e. The second-order valence-electron chi connectivity index (χ2n) is 3.17. The highest BCUT2D eigenvalue weighted by atomic mass is 31.2. The van der Waals surface area contributed by atoms with Gasteiger partial charge in [-0.1, -0.05) is 0 Å². The van der Waals surface area contributed by atoms with Crippen molar-refractivity contribution in [3.8, 4) is 0 Å². The molecule has 1 aliphatic rings. The zero-order valence-electron chi connectivity index (χ0n) is 6.16. The summed E-state index contributed by atoms with van der Waals surface area (Å²) in [5, 5.41) is 0. The van der Waals surface area contributed by atoms with E-state index in [1.165, 1.54) is 6.66 Å². The van der Waals surface area contributed by atoms with Gasteiger partial charge in [-0.3, -0.25) is 4.57 Å². The normalized spacial score (nSPS) is 39.5. The average molecular weight is 163 g/mol. The highest BCUT2D eigenvalue weighted by Crippen LogP contribution is 2.49. The zero-order valence-corrected chi connectivity index (χ0v) is 7.05. The smallest absolute Gasteiger partial charge is 0.200 e. The standard InChI is InChI=1S/C6H14NO2P/c1-10(8,9)6-3-2-5(7)4-6/h5-6H,2-4,7H2,1H3,(H,8,9)/t5-,6-/m0/s1. The summed E-state index contributed by atoms with van der Waals surface area (Å²) >= 11 is 0. The van der Waals surface area contributed by atoms with Crippen molar-refractivity contribution >= 4 is 7.37 Å². The van der Waals surface area contributed by atoms with Gasteiger partial charge in [0.05, 0.1) is 0 Å². The van der Waals surface area contributed by atoms with Gasteiger partial charge in [0.2, 0.25) is 7.37 Å². The second kappa shape index (κ2) is 2.65. The van der Waals surface area contributed by atoms with E-state index in [1.807, 2.05) is 0 Å². The SMILES string of the molecule is CP(=O)(O)[C@H]1CC[C@H](N)C1. The van der Waals surface area contributed by atoms with Gasteiger partial charge in [0.25, 0.3) is 0 Å². The Kier molecular flexibility index (Phi) is 2.18. The predicted octanol–water partition coefficient (Wildman–Crippen LogP) is 0.766. The van der Waals surface area contributed by atoms with E-state index in [0.29, 0.717) is 0 Å². The van der Waals surface area contributed by atoms with E-state index >= 15 is 0 Å². The summed E-state index contributed by atoms with van der Waals surface area (Å²) in [4.78, 5) is 9.14. The first kappa shape index (κ1) is 8.25. The van der Waals surface area contributed by atoms with E-state index in [-0.39, 0.29) is 11.7 Å². The van der Waals surface area contributed by atoms with Crippen LogP contribution in [-0.4, -0.2) is 23.3 Å². The monoisotopic (exact) mass is 163 g/mol. The summed E-state index contributed by atoms with van der Waals surface area (Å²) in [6, 6.07) is 0.158. The highest BCUT2D eigenvalue weighted by Gasteiger charge is 2.32. The second-order valence-corrected chi connectivity index (χ2v) is 5.79. The molecular formula is C6H14NO2P. The number of nitrogens with two attached hydrogens (primary N) is 1. The Morgan fingerprint density at radius 3 is 2.40 bits per heavy atom. The first-order chi connectivity index (χ1) is 4.50. The van der Waals surface area contributed by atoms with E-state index in [1.54, 1.807) is 0 Å². The maximum absolute atomic E-state index is 11.1. The van der Waals surface area contributed by atoms with Gasteiger partial charge in [-0.25, -0.2) is 0 Å². The maximum atomic E-state index is 11.1. The minimum absolute atomic E-state index is 0.0255. The van der Waals surface area contributed by atoms with Crippen LogP contribution in [0.4, 0.5) is 0 Å². The molecule has 0 heterocycles. The Hall–Kier alpha value is 0.150. The first-order valence-corrected chi connectivity index (χ1v) is 5.73. The Labute approximate surface area is 61.1 Å². The van der Waals surface area contributed by atoms with Crippen LogP contribution in [0.25, 0.3) is 0 Å². The third-order valence-electron chi connectivity index (χ3n) is 2.12. The van der Waals surface area contributed by atoms with E-state index in [2.05, 4.69) is 0 Å². The summed E-state index contributed by atoms with van der Waals surface area (Å²) in [5.41, 5.74) is 5.56. The molecule has 0 aromatic rings. The van der Waals surface area contributed by atoms with Crippen LogP contribution in [-0.2, 0) is 4.57 Å². The third-order valence-corrected chi connectivity index (χ3v) is 3.95. The van der Waals surface area contributed by atoms with Crippen molar-refractivity contribution in [3.63, 3.8) is 0 Å². The Balaban J connectivity index is 2.53. The molecule has 1 rings (SSSR count). The van der Waals surface area contributed by atoms with E-state index in [0.717, 1.165) is 19.3 Å². The van der Waals surface area contributed by atoms with Crippen LogP contribution in [0.5, 0.6) is 0 Å². The van der Waals surface area contributed by atoms with E-state index < -0.39 is 7.37 Å². The van der Waals surface area contributed by atoms with Gasteiger partial charge in [-0.15, -0.1) is 0 Å². The van der Waals surface area contributed by atoms with Crippen molar-refractivity contribution in [1.82, 2.24) is 0 Å². The molecule has 1 unspecified atom stereocenters. The number of hydrogen-bond donors (Lipinski definition) is 2.